The molecule has 0 aromatic heterocycles. The summed E-state index contributed by atoms with van der Waals surface area (Å²) in [7, 11) is 2.15. The van der Waals surface area contributed by atoms with E-state index >= 15 is 0 Å². The van der Waals surface area contributed by atoms with Crippen molar-refractivity contribution in [3.63, 3.8) is 0 Å². The van der Waals surface area contributed by atoms with E-state index in [4.69, 9.17) is 0 Å². The van der Waals surface area contributed by atoms with Crippen LogP contribution in [0.2, 0.25) is 0 Å². The molecule has 1 rings (SSSR count). The van der Waals surface area contributed by atoms with Crippen LogP contribution in [0.15, 0.2) is 0 Å². The van der Waals surface area contributed by atoms with Crippen LogP contribution in [-0.4, -0.2) is 35.7 Å². The lowest BCUT2D eigenvalue weighted by Gasteiger charge is -2.37. The molecule has 1 heterocycles. The highest BCUT2D eigenvalue weighted by molar-refractivity contribution is 4.81. The van der Waals surface area contributed by atoms with Crippen LogP contribution in [0.4, 0.5) is 0 Å². The summed E-state index contributed by atoms with van der Waals surface area (Å²) in [6.07, 6.45) is 1.84. The van der Waals surface area contributed by atoms with Gasteiger partial charge in [0.2, 0.25) is 0 Å². The van der Waals surface area contributed by atoms with Crippen molar-refractivity contribution < 1.29 is 5.11 Å². The van der Waals surface area contributed by atoms with E-state index in [0.29, 0.717) is 12.0 Å². The Bertz CT molecular complexity index is 125. The third-order valence-electron chi connectivity index (χ3n) is 2.66. The van der Waals surface area contributed by atoms with Gasteiger partial charge in [0.1, 0.15) is 0 Å². The van der Waals surface area contributed by atoms with Crippen LogP contribution in [0.1, 0.15) is 26.7 Å². The zero-order valence-electron chi connectivity index (χ0n) is 7.75. The number of aliphatic hydroxyl groups is 1. The van der Waals surface area contributed by atoms with Crippen molar-refractivity contribution in [1.29, 1.82) is 0 Å². The monoisotopic (exact) mass is 157 g/mol. The van der Waals surface area contributed by atoms with Crippen molar-refractivity contribution in [2.75, 3.05) is 13.6 Å². The maximum absolute atomic E-state index is 9.42. The predicted octanol–water partition coefficient (Wildman–Crippen LogP) is 1.10. The molecule has 2 nitrogen and oxygen atoms in total. The van der Waals surface area contributed by atoms with Gasteiger partial charge in [-0.2, -0.15) is 0 Å². The van der Waals surface area contributed by atoms with Crippen molar-refractivity contribution in [3.05, 3.63) is 0 Å². The molecule has 0 saturated carbocycles. The summed E-state index contributed by atoms with van der Waals surface area (Å²) in [5.74, 6) is 0.662. The van der Waals surface area contributed by atoms with Crippen molar-refractivity contribution >= 4 is 0 Å². The predicted molar refractivity (Wildman–Crippen MR) is 46.5 cm³/mol. The number of aliphatic hydroxyl groups excluding tert-OH is 1. The first-order valence-corrected chi connectivity index (χ1v) is 4.49. The average Bonchev–Trinajstić information content (AvgIpc) is 1.94. The van der Waals surface area contributed by atoms with E-state index in [1.807, 2.05) is 0 Å². The number of rotatable bonds is 1. The lowest BCUT2D eigenvalue weighted by Crippen LogP contribution is -2.44. The van der Waals surface area contributed by atoms with Crippen molar-refractivity contribution in [1.82, 2.24) is 4.90 Å². The highest BCUT2D eigenvalue weighted by Crippen LogP contribution is 2.21. The molecule has 1 aliphatic rings. The molecule has 1 saturated heterocycles. The minimum Gasteiger partial charge on any atom is -0.393 e. The van der Waals surface area contributed by atoms with Gasteiger partial charge < -0.3 is 10.0 Å². The van der Waals surface area contributed by atoms with E-state index < -0.39 is 0 Å². The molecule has 0 radical (unpaired) electrons. The Morgan fingerprint density at radius 2 is 2.09 bits per heavy atom. The Morgan fingerprint density at radius 3 is 2.55 bits per heavy atom. The molecule has 11 heavy (non-hydrogen) atoms. The van der Waals surface area contributed by atoms with Gasteiger partial charge in [0.15, 0.2) is 0 Å². The third-order valence-corrected chi connectivity index (χ3v) is 2.66. The summed E-state index contributed by atoms with van der Waals surface area (Å²) in [5.41, 5.74) is 0. The van der Waals surface area contributed by atoms with Gasteiger partial charge in [0.05, 0.1) is 6.10 Å². The molecule has 2 heteroatoms. The van der Waals surface area contributed by atoms with E-state index in [0.717, 1.165) is 19.4 Å². The summed E-state index contributed by atoms with van der Waals surface area (Å²) in [6, 6.07) is 0.582. The van der Waals surface area contributed by atoms with Gasteiger partial charge in [-0.3, -0.25) is 0 Å². The van der Waals surface area contributed by atoms with Crippen LogP contribution < -0.4 is 0 Å². The second-order valence-corrected chi connectivity index (χ2v) is 3.97. The second-order valence-electron chi connectivity index (χ2n) is 3.97. The summed E-state index contributed by atoms with van der Waals surface area (Å²) >= 11 is 0. The standard InChI is InChI=1S/C9H19NO/c1-7(2)9-6-8(11)4-5-10(9)3/h7-9,11H,4-6H2,1-3H3/t8-,9+/m1/s1. The normalized spacial score (nSPS) is 34.6. The summed E-state index contributed by atoms with van der Waals surface area (Å²) in [6.45, 7) is 5.49. The minimum atomic E-state index is -0.0569. The van der Waals surface area contributed by atoms with Gasteiger partial charge in [-0.1, -0.05) is 13.8 Å². The molecule has 0 aromatic rings. The van der Waals surface area contributed by atoms with Crippen LogP contribution in [0.5, 0.6) is 0 Å². The molecule has 0 aliphatic carbocycles. The molecule has 1 fully saturated rings. The van der Waals surface area contributed by atoms with Crippen molar-refractivity contribution in [3.8, 4) is 0 Å². The molecular weight excluding hydrogens is 138 g/mol. The van der Waals surface area contributed by atoms with Crippen LogP contribution in [0.25, 0.3) is 0 Å². The SMILES string of the molecule is CC(C)[C@@H]1C[C@H](O)CCN1C. The van der Waals surface area contributed by atoms with Crippen LogP contribution in [0.3, 0.4) is 0 Å². The molecule has 0 spiro atoms. The molecule has 0 amide bonds. The zero-order valence-corrected chi connectivity index (χ0v) is 7.75. The summed E-state index contributed by atoms with van der Waals surface area (Å²) < 4.78 is 0. The van der Waals surface area contributed by atoms with E-state index in [1.165, 1.54) is 0 Å². The number of hydrogen-bond acceptors (Lipinski definition) is 2. The van der Waals surface area contributed by atoms with Crippen molar-refractivity contribution in [2.24, 2.45) is 5.92 Å². The maximum atomic E-state index is 9.42. The van der Waals surface area contributed by atoms with Gasteiger partial charge in [-0.25, -0.2) is 0 Å². The summed E-state index contributed by atoms with van der Waals surface area (Å²) in [5, 5.41) is 9.42. The fourth-order valence-corrected chi connectivity index (χ4v) is 1.88. The fourth-order valence-electron chi connectivity index (χ4n) is 1.88. The molecule has 0 unspecified atom stereocenters. The van der Waals surface area contributed by atoms with E-state index in [9.17, 15) is 5.11 Å². The van der Waals surface area contributed by atoms with Gasteiger partial charge in [0.25, 0.3) is 0 Å². The lowest BCUT2D eigenvalue weighted by molar-refractivity contribution is 0.0378. The first-order valence-electron chi connectivity index (χ1n) is 4.49. The first-order chi connectivity index (χ1) is 5.11. The van der Waals surface area contributed by atoms with Gasteiger partial charge in [-0.15, -0.1) is 0 Å². The highest BCUT2D eigenvalue weighted by atomic mass is 16.3. The quantitative estimate of drug-likeness (QED) is 0.616. The Hall–Kier alpha value is -0.0800. The Morgan fingerprint density at radius 1 is 1.45 bits per heavy atom. The van der Waals surface area contributed by atoms with E-state index in [-0.39, 0.29) is 6.10 Å². The van der Waals surface area contributed by atoms with Gasteiger partial charge >= 0.3 is 0 Å². The fraction of sp³-hybridized carbons (Fsp3) is 1.00. The number of nitrogens with zero attached hydrogens (tertiary/aromatic N) is 1. The third kappa shape index (κ3) is 2.17. The van der Waals surface area contributed by atoms with Crippen molar-refractivity contribution in [2.45, 2.75) is 38.8 Å². The average molecular weight is 157 g/mol. The molecular formula is C9H19NO. The van der Waals surface area contributed by atoms with E-state index in [2.05, 4.69) is 25.8 Å². The van der Waals surface area contributed by atoms with E-state index in [1.54, 1.807) is 0 Å². The first kappa shape index (κ1) is 9.01. The lowest BCUT2D eigenvalue weighted by atomic mass is 9.92. The summed E-state index contributed by atoms with van der Waals surface area (Å²) in [4.78, 5) is 2.36. The maximum Gasteiger partial charge on any atom is 0.0567 e. The zero-order chi connectivity index (χ0) is 8.43. The van der Waals surface area contributed by atoms with Crippen LogP contribution in [-0.2, 0) is 0 Å². The molecule has 0 aromatic carbocycles. The van der Waals surface area contributed by atoms with Crippen LogP contribution in [0, 0.1) is 5.92 Å². The van der Waals surface area contributed by atoms with Gasteiger partial charge in [-0.05, 0) is 25.8 Å². The smallest absolute Gasteiger partial charge is 0.0567 e. The topological polar surface area (TPSA) is 23.5 Å². The number of hydrogen-bond donors (Lipinski definition) is 1. The molecule has 1 aliphatic heterocycles. The highest BCUT2D eigenvalue weighted by Gasteiger charge is 2.26. The number of likely N-dealkylation sites (tertiary alicyclic amines) is 1. The Balaban J connectivity index is 2.47. The largest absolute Gasteiger partial charge is 0.393 e. The van der Waals surface area contributed by atoms with Gasteiger partial charge in [0, 0.05) is 12.6 Å². The molecule has 2 atom stereocenters. The Labute approximate surface area is 69.2 Å². The molecule has 1 N–H and O–H groups in total. The second kappa shape index (κ2) is 3.55. The number of piperidine rings is 1. The minimum absolute atomic E-state index is 0.0569. The molecule has 66 valence electrons. The Kier molecular flexibility index (Phi) is 2.90. The van der Waals surface area contributed by atoms with Crippen LogP contribution >= 0.6 is 0 Å². The molecule has 0 bridgehead atoms.